The average molecular weight is 401 g/mol. The molecule has 4 rings (SSSR count). The number of nitrogens with zero attached hydrogens (tertiary/aromatic N) is 2. The van der Waals surface area contributed by atoms with Crippen molar-refractivity contribution in [2.75, 3.05) is 39.3 Å². The Labute approximate surface area is 177 Å². The van der Waals surface area contributed by atoms with Crippen molar-refractivity contribution in [3.05, 3.63) is 35.9 Å². The van der Waals surface area contributed by atoms with E-state index in [1.165, 1.54) is 24.8 Å². The van der Waals surface area contributed by atoms with Crippen LogP contribution >= 0.6 is 0 Å². The Balaban J connectivity index is 1.14. The van der Waals surface area contributed by atoms with Crippen molar-refractivity contribution in [2.24, 2.45) is 16.7 Å². The van der Waals surface area contributed by atoms with Crippen LogP contribution in [0.3, 0.4) is 0 Å². The normalized spacial score (nSPS) is 33.2. The number of fused-ring (bicyclic) bond motifs is 2. The van der Waals surface area contributed by atoms with Crippen LogP contribution in [0, 0.1) is 16.7 Å². The van der Waals surface area contributed by atoms with Crippen LogP contribution in [-0.4, -0.2) is 66.4 Å². The van der Waals surface area contributed by atoms with E-state index in [-0.39, 0.29) is 6.10 Å². The number of hydrogen-bond acceptors (Lipinski definition) is 4. The van der Waals surface area contributed by atoms with Gasteiger partial charge in [-0.15, -0.1) is 0 Å². The molecule has 1 saturated heterocycles. The molecular formula is C25H40N2O2. The molecule has 0 unspecified atom stereocenters. The average Bonchev–Trinajstić information content (AvgIpc) is 3.04. The highest BCUT2D eigenvalue weighted by molar-refractivity contribution is 5.14. The minimum absolute atomic E-state index is 0.282. The fourth-order valence-electron chi connectivity index (χ4n) is 6.09. The van der Waals surface area contributed by atoms with Crippen LogP contribution in [0.2, 0.25) is 0 Å². The molecule has 1 aromatic rings. The molecule has 2 saturated carbocycles. The summed E-state index contributed by atoms with van der Waals surface area (Å²) in [6.07, 6.45) is 4.72. The van der Waals surface area contributed by atoms with Gasteiger partial charge in [0.15, 0.2) is 0 Å². The standard InChI is InChI=1S/C25H40N2O2/c1-24(2)21-9-11-25(24,3)23(17-21)29-16-10-22(28)19-27-14-12-26(13-15-27)18-20-7-5-4-6-8-20/h4-8,21-23,28H,9-19H2,1-3H3/t21-,22+,23-,25-/m0/s1. The molecule has 1 aliphatic heterocycles. The second-order valence-electron chi connectivity index (χ2n) is 10.5. The highest BCUT2D eigenvalue weighted by atomic mass is 16.5. The minimum atomic E-state index is -0.282. The molecule has 4 atom stereocenters. The summed E-state index contributed by atoms with van der Waals surface area (Å²) in [4.78, 5) is 4.92. The quantitative estimate of drug-likeness (QED) is 0.720. The van der Waals surface area contributed by atoms with Gasteiger partial charge in [-0.1, -0.05) is 51.1 Å². The van der Waals surface area contributed by atoms with Crippen LogP contribution in [-0.2, 0) is 11.3 Å². The molecule has 4 heteroatoms. The first kappa shape index (κ1) is 21.3. The van der Waals surface area contributed by atoms with Gasteiger partial charge in [-0.3, -0.25) is 9.80 Å². The molecule has 2 aliphatic carbocycles. The highest BCUT2D eigenvalue weighted by Crippen LogP contribution is 2.66. The zero-order chi connectivity index (χ0) is 20.5. The molecular weight excluding hydrogens is 360 g/mol. The molecule has 29 heavy (non-hydrogen) atoms. The van der Waals surface area contributed by atoms with E-state index in [1.807, 2.05) is 0 Å². The first-order valence-electron chi connectivity index (χ1n) is 11.7. The molecule has 3 aliphatic rings. The third-order valence-corrected chi connectivity index (χ3v) is 8.67. The fraction of sp³-hybridized carbons (Fsp3) is 0.760. The summed E-state index contributed by atoms with van der Waals surface area (Å²) in [5, 5.41) is 10.5. The number of hydrogen-bond donors (Lipinski definition) is 1. The van der Waals surface area contributed by atoms with Crippen molar-refractivity contribution in [2.45, 2.75) is 65.2 Å². The minimum Gasteiger partial charge on any atom is -0.392 e. The summed E-state index contributed by atoms with van der Waals surface area (Å²) < 4.78 is 6.33. The maximum absolute atomic E-state index is 10.5. The van der Waals surface area contributed by atoms with Crippen LogP contribution in [0.4, 0.5) is 0 Å². The Kier molecular flexibility index (Phi) is 6.36. The van der Waals surface area contributed by atoms with Crippen molar-refractivity contribution in [3.63, 3.8) is 0 Å². The lowest BCUT2D eigenvalue weighted by molar-refractivity contribution is -0.0570. The maximum Gasteiger partial charge on any atom is 0.0689 e. The number of aliphatic hydroxyl groups is 1. The Hall–Kier alpha value is -0.940. The summed E-state index contributed by atoms with van der Waals surface area (Å²) in [7, 11) is 0. The third kappa shape index (κ3) is 4.41. The van der Waals surface area contributed by atoms with Gasteiger partial charge in [0, 0.05) is 45.9 Å². The van der Waals surface area contributed by atoms with Crippen LogP contribution in [0.25, 0.3) is 0 Å². The molecule has 0 radical (unpaired) electrons. The molecule has 0 spiro atoms. The first-order chi connectivity index (χ1) is 13.9. The lowest BCUT2D eigenvalue weighted by Crippen LogP contribution is -2.48. The van der Waals surface area contributed by atoms with Gasteiger partial charge >= 0.3 is 0 Å². The van der Waals surface area contributed by atoms with Gasteiger partial charge < -0.3 is 9.84 Å². The lowest BCUT2D eigenvalue weighted by atomic mass is 9.70. The summed E-state index contributed by atoms with van der Waals surface area (Å²) in [6.45, 7) is 14.0. The van der Waals surface area contributed by atoms with Crippen LogP contribution in [0.5, 0.6) is 0 Å². The van der Waals surface area contributed by atoms with E-state index in [0.717, 1.165) is 51.6 Å². The molecule has 0 amide bonds. The number of rotatable bonds is 8. The maximum atomic E-state index is 10.5. The van der Waals surface area contributed by atoms with E-state index in [9.17, 15) is 5.11 Å². The molecule has 3 fully saturated rings. The monoisotopic (exact) mass is 400 g/mol. The van der Waals surface area contributed by atoms with E-state index in [1.54, 1.807) is 0 Å². The van der Waals surface area contributed by atoms with E-state index in [2.05, 4.69) is 60.9 Å². The van der Waals surface area contributed by atoms with Crippen molar-refractivity contribution < 1.29 is 9.84 Å². The number of benzene rings is 1. The Bertz CT molecular complexity index is 656. The third-order valence-electron chi connectivity index (χ3n) is 8.67. The van der Waals surface area contributed by atoms with E-state index in [4.69, 9.17) is 4.74 Å². The molecule has 0 aromatic heterocycles. The largest absolute Gasteiger partial charge is 0.392 e. The summed E-state index contributed by atoms with van der Waals surface area (Å²) in [5.41, 5.74) is 2.10. The van der Waals surface area contributed by atoms with Crippen molar-refractivity contribution in [3.8, 4) is 0 Å². The Morgan fingerprint density at radius 1 is 1.07 bits per heavy atom. The Morgan fingerprint density at radius 3 is 2.38 bits per heavy atom. The van der Waals surface area contributed by atoms with Gasteiger partial charge in [0.2, 0.25) is 0 Å². The SMILES string of the molecule is CC1(C)[C@H]2CC[C@@]1(C)[C@@H](OCC[C@@H](O)CN1CCN(Cc3ccccc3)CC1)C2. The fourth-order valence-corrected chi connectivity index (χ4v) is 6.09. The lowest BCUT2D eigenvalue weighted by Gasteiger charge is -2.39. The van der Waals surface area contributed by atoms with E-state index < -0.39 is 0 Å². The first-order valence-corrected chi connectivity index (χ1v) is 11.7. The van der Waals surface area contributed by atoms with Gasteiger partial charge in [0.1, 0.15) is 0 Å². The second kappa shape index (κ2) is 8.66. The highest BCUT2D eigenvalue weighted by Gasteiger charge is 2.61. The number of aliphatic hydroxyl groups excluding tert-OH is 1. The number of piperazine rings is 1. The van der Waals surface area contributed by atoms with Crippen molar-refractivity contribution >= 4 is 0 Å². The van der Waals surface area contributed by atoms with E-state index in [0.29, 0.717) is 23.5 Å². The zero-order valence-electron chi connectivity index (χ0n) is 18.6. The Morgan fingerprint density at radius 2 is 1.76 bits per heavy atom. The molecule has 162 valence electrons. The van der Waals surface area contributed by atoms with Crippen LogP contribution in [0.15, 0.2) is 30.3 Å². The second-order valence-corrected chi connectivity index (χ2v) is 10.5. The van der Waals surface area contributed by atoms with Gasteiger partial charge in [-0.2, -0.15) is 0 Å². The van der Waals surface area contributed by atoms with Gasteiger partial charge in [-0.25, -0.2) is 0 Å². The zero-order valence-corrected chi connectivity index (χ0v) is 18.6. The molecule has 4 nitrogen and oxygen atoms in total. The molecule has 1 aromatic carbocycles. The van der Waals surface area contributed by atoms with Crippen molar-refractivity contribution in [1.82, 2.24) is 9.80 Å². The van der Waals surface area contributed by atoms with Crippen LogP contribution in [0.1, 0.15) is 52.0 Å². The molecule has 2 bridgehead atoms. The van der Waals surface area contributed by atoms with Gasteiger partial charge in [0.05, 0.1) is 12.2 Å². The smallest absolute Gasteiger partial charge is 0.0689 e. The molecule has 1 N–H and O–H groups in total. The van der Waals surface area contributed by atoms with Crippen molar-refractivity contribution in [1.29, 1.82) is 0 Å². The summed E-state index contributed by atoms with van der Waals surface area (Å²) in [5.74, 6) is 0.814. The topological polar surface area (TPSA) is 35.9 Å². The number of ether oxygens (including phenoxy) is 1. The summed E-state index contributed by atoms with van der Waals surface area (Å²) in [6, 6.07) is 10.7. The van der Waals surface area contributed by atoms with Crippen LogP contribution < -0.4 is 0 Å². The molecule has 1 heterocycles. The van der Waals surface area contributed by atoms with Gasteiger partial charge in [-0.05, 0) is 48.0 Å². The summed E-state index contributed by atoms with van der Waals surface area (Å²) >= 11 is 0. The predicted octanol–water partition coefficient (Wildman–Crippen LogP) is 3.79. The van der Waals surface area contributed by atoms with Gasteiger partial charge in [0.25, 0.3) is 0 Å². The van der Waals surface area contributed by atoms with E-state index >= 15 is 0 Å². The number of β-amino-alcohol motifs (C(OH)–C–C–N with tert-alkyl or cyclic N) is 1. The predicted molar refractivity (Wildman–Crippen MR) is 118 cm³/mol.